The van der Waals surface area contributed by atoms with Gasteiger partial charge in [0.1, 0.15) is 36.1 Å². The van der Waals surface area contributed by atoms with Gasteiger partial charge in [0.2, 0.25) is 0 Å². The number of nitrogens with zero attached hydrogens (tertiary/aromatic N) is 10. The fourth-order valence-electron chi connectivity index (χ4n) is 6.97. The molecule has 19 heteroatoms. The van der Waals surface area contributed by atoms with E-state index in [9.17, 15) is 0 Å². The van der Waals surface area contributed by atoms with Gasteiger partial charge >= 0.3 is 0 Å². The van der Waals surface area contributed by atoms with E-state index in [1.54, 1.807) is 44.2 Å². The number of ether oxygens (including phenoxy) is 2. The number of nitriles is 1. The third-order valence-electron chi connectivity index (χ3n) is 9.97. The molecule has 0 spiro atoms. The number of unbranched alkanes of at least 4 members (excludes halogenated alkanes) is 1. The Morgan fingerprint density at radius 2 is 1.16 bits per heavy atom. The summed E-state index contributed by atoms with van der Waals surface area (Å²) in [5.41, 5.74) is 5.18. The van der Waals surface area contributed by atoms with E-state index in [2.05, 4.69) is 56.1 Å². The van der Waals surface area contributed by atoms with Gasteiger partial charge in [0.05, 0.1) is 6.07 Å². The maximum atomic E-state index is 8.89. The molecule has 0 aliphatic heterocycles. The van der Waals surface area contributed by atoms with Gasteiger partial charge in [0.25, 0.3) is 11.8 Å². The Labute approximate surface area is 380 Å². The minimum absolute atomic E-state index is 0.266. The second kappa shape index (κ2) is 19.7. The number of benzene rings is 4. The fraction of sp³-hybridized carbons (Fsp3) is 0.227. The van der Waals surface area contributed by atoms with Crippen LogP contribution in [0, 0.1) is 25.2 Å². The largest absolute Gasteiger partial charge is 0.489 e. The Kier molecular flexibility index (Phi) is 13.5. The zero-order chi connectivity index (χ0) is 43.9. The van der Waals surface area contributed by atoms with E-state index < -0.39 is 0 Å². The number of hydrogen-bond donors (Lipinski definition) is 1. The van der Waals surface area contributed by atoms with Crippen molar-refractivity contribution in [1.82, 2.24) is 50.0 Å². The molecule has 0 fully saturated rings. The molecule has 0 aliphatic carbocycles. The third-order valence-corrected chi connectivity index (χ3v) is 11.4. The van der Waals surface area contributed by atoms with Crippen molar-refractivity contribution in [2.45, 2.75) is 65.8 Å². The zero-order valence-corrected chi connectivity index (χ0v) is 36.9. The van der Waals surface area contributed by atoms with Gasteiger partial charge in [0, 0.05) is 79.0 Å². The number of aryl methyl sites for hydroxylation is 5. The molecular formula is C44H37Cl4N11O4. The van der Waals surface area contributed by atoms with Crippen LogP contribution in [0.2, 0.25) is 20.1 Å². The highest BCUT2D eigenvalue weighted by atomic mass is 35.5. The molecule has 9 rings (SSSR count). The van der Waals surface area contributed by atoms with Crippen molar-refractivity contribution in [2.75, 3.05) is 0 Å². The molecule has 5 aromatic heterocycles. The van der Waals surface area contributed by atoms with Crippen LogP contribution in [0.5, 0.6) is 11.5 Å². The molecule has 0 amide bonds. The molecule has 63 heavy (non-hydrogen) atoms. The number of halogens is 4. The number of fused-ring (bicyclic) bond motifs is 2. The van der Waals surface area contributed by atoms with Gasteiger partial charge in [-0.3, -0.25) is 0 Å². The normalized spacial score (nSPS) is 11.2. The zero-order valence-electron chi connectivity index (χ0n) is 33.9. The molecule has 0 unspecified atom stereocenters. The van der Waals surface area contributed by atoms with E-state index in [0.717, 1.165) is 57.2 Å². The summed E-state index contributed by atoms with van der Waals surface area (Å²) in [5.74, 6) is 4.14. The minimum Gasteiger partial charge on any atom is -0.489 e. The Morgan fingerprint density at radius 3 is 1.59 bits per heavy atom. The van der Waals surface area contributed by atoms with E-state index in [0.29, 0.717) is 86.8 Å². The standard InChI is InChI=1S/C22H19Cl2N7O2.C22H18Cl2N4O2/c1-13-25-22(33-28-13)20-11-14-10-15(32-12-16-17(23)4-2-5-18(16)24)7-8-19(14)31(20)9-3-6-21-26-29-30-27-21;1-14-26-22(30-27-14)21-12-15-11-16(7-8-20(15)28(21)10-3-2-9-25)29-13-17-18(23)5-4-6-19(17)24/h2,4-5,7-8,10-11H,3,6,9,12H2,1H3,(H,26,27,29,30);4-8,11-12H,2-3,10,13H2,1H3. The van der Waals surface area contributed by atoms with Gasteiger partial charge in [-0.15, -0.1) is 10.2 Å². The number of aromatic nitrogens is 10. The van der Waals surface area contributed by atoms with Crippen LogP contribution >= 0.6 is 46.4 Å². The van der Waals surface area contributed by atoms with Crippen molar-refractivity contribution in [1.29, 1.82) is 5.26 Å². The molecule has 0 aliphatic rings. The molecule has 4 aromatic carbocycles. The average Bonchev–Trinajstić information content (AvgIpc) is 4.13. The monoisotopic (exact) mass is 923 g/mol. The summed E-state index contributed by atoms with van der Waals surface area (Å²) in [6, 6.07) is 28.7. The molecule has 5 heterocycles. The molecule has 9 aromatic rings. The van der Waals surface area contributed by atoms with Crippen LogP contribution in [0.4, 0.5) is 0 Å². The van der Waals surface area contributed by atoms with Gasteiger partial charge in [-0.1, -0.05) is 74.1 Å². The van der Waals surface area contributed by atoms with Crippen molar-refractivity contribution in [3.63, 3.8) is 0 Å². The van der Waals surface area contributed by atoms with Crippen molar-refractivity contribution in [3.05, 3.63) is 134 Å². The quantitative estimate of drug-likeness (QED) is 0.0961. The first kappa shape index (κ1) is 43.2. The Morgan fingerprint density at radius 1 is 0.667 bits per heavy atom. The molecular weight excluding hydrogens is 888 g/mol. The van der Waals surface area contributed by atoms with Gasteiger partial charge in [-0.05, 0) is 99.5 Å². The number of tetrazole rings is 1. The summed E-state index contributed by atoms with van der Waals surface area (Å²) in [6.07, 6.45) is 2.70. The number of nitrogens with one attached hydrogen (secondary N) is 1. The molecule has 1 N–H and O–H groups in total. The Balaban J connectivity index is 0.000000174. The van der Waals surface area contributed by atoms with Gasteiger partial charge in [-0.2, -0.15) is 20.4 Å². The Hall–Kier alpha value is -6.44. The highest BCUT2D eigenvalue weighted by molar-refractivity contribution is 6.36. The topological polar surface area (TPSA) is 184 Å². The number of aromatic amines is 1. The summed E-state index contributed by atoms with van der Waals surface area (Å²) in [4.78, 5) is 8.77. The lowest BCUT2D eigenvalue weighted by Gasteiger charge is -2.11. The van der Waals surface area contributed by atoms with Crippen LogP contribution in [0.15, 0.2) is 94.0 Å². The lowest BCUT2D eigenvalue weighted by molar-refractivity contribution is 0.306. The molecule has 320 valence electrons. The van der Waals surface area contributed by atoms with E-state index in [-0.39, 0.29) is 13.2 Å². The predicted octanol–water partition coefficient (Wildman–Crippen LogP) is 11.2. The summed E-state index contributed by atoms with van der Waals surface area (Å²) >= 11 is 25.0. The van der Waals surface area contributed by atoms with Crippen molar-refractivity contribution >= 4 is 68.2 Å². The number of H-pyrrole nitrogens is 1. The lowest BCUT2D eigenvalue weighted by atomic mass is 10.2. The smallest absolute Gasteiger partial charge is 0.274 e. The Bertz CT molecular complexity index is 3000. The maximum Gasteiger partial charge on any atom is 0.274 e. The number of rotatable bonds is 15. The van der Waals surface area contributed by atoms with Gasteiger partial charge in [-0.25, -0.2) is 0 Å². The summed E-state index contributed by atoms with van der Waals surface area (Å²) < 4.78 is 27.0. The molecule has 15 nitrogen and oxygen atoms in total. The first-order valence-electron chi connectivity index (χ1n) is 19.7. The predicted molar refractivity (Wildman–Crippen MR) is 239 cm³/mol. The average molecular weight is 926 g/mol. The second-order valence-corrected chi connectivity index (χ2v) is 15.9. The van der Waals surface area contributed by atoms with E-state index in [4.69, 9.17) is 70.2 Å². The first-order valence-corrected chi connectivity index (χ1v) is 21.2. The van der Waals surface area contributed by atoms with E-state index >= 15 is 0 Å². The summed E-state index contributed by atoms with van der Waals surface area (Å²) in [5, 5.41) is 35.1. The van der Waals surface area contributed by atoms with Crippen LogP contribution in [0.25, 0.3) is 45.0 Å². The van der Waals surface area contributed by atoms with Crippen LogP contribution in [-0.2, 0) is 32.7 Å². The third kappa shape index (κ3) is 10.1. The summed E-state index contributed by atoms with van der Waals surface area (Å²) in [7, 11) is 0. The first-order chi connectivity index (χ1) is 30.6. The maximum absolute atomic E-state index is 8.89. The van der Waals surface area contributed by atoms with Crippen LogP contribution in [0.1, 0.15) is 47.9 Å². The van der Waals surface area contributed by atoms with Crippen LogP contribution < -0.4 is 9.47 Å². The molecule has 0 radical (unpaired) electrons. The molecule has 0 saturated carbocycles. The van der Waals surface area contributed by atoms with Gasteiger partial charge < -0.3 is 27.7 Å². The van der Waals surface area contributed by atoms with E-state index in [1.165, 1.54) is 0 Å². The van der Waals surface area contributed by atoms with Gasteiger partial charge in [0.15, 0.2) is 17.5 Å². The summed E-state index contributed by atoms with van der Waals surface area (Å²) in [6.45, 7) is 5.49. The number of hydrogen-bond acceptors (Lipinski definition) is 12. The molecule has 0 saturated heterocycles. The van der Waals surface area contributed by atoms with Crippen molar-refractivity contribution < 1.29 is 18.5 Å². The SMILES string of the molecule is Cc1noc(-c2cc3cc(OCc4c(Cl)cccc4Cl)ccc3n2CCCC#N)n1.Cc1noc(-c2cc3cc(OCc4c(Cl)cccc4Cl)ccc3n2CCCc2nn[nH]n2)n1. The minimum atomic E-state index is 0.266. The van der Waals surface area contributed by atoms with Crippen molar-refractivity contribution in [2.24, 2.45) is 0 Å². The van der Waals surface area contributed by atoms with E-state index in [1.807, 2.05) is 54.6 Å². The highest BCUT2D eigenvalue weighted by Crippen LogP contribution is 2.34. The molecule has 0 atom stereocenters. The highest BCUT2D eigenvalue weighted by Gasteiger charge is 2.19. The fourth-order valence-corrected chi connectivity index (χ4v) is 7.98. The van der Waals surface area contributed by atoms with Crippen molar-refractivity contribution in [3.8, 4) is 40.7 Å². The van der Waals surface area contributed by atoms with Crippen LogP contribution in [-0.4, -0.2) is 50.0 Å². The van der Waals surface area contributed by atoms with Crippen LogP contribution in [0.3, 0.4) is 0 Å². The second-order valence-electron chi connectivity index (χ2n) is 14.3. The lowest BCUT2D eigenvalue weighted by Crippen LogP contribution is -2.03. The molecule has 0 bridgehead atoms.